The lowest BCUT2D eigenvalue weighted by molar-refractivity contribution is -0.117. The molecule has 1 atom stereocenters. The maximum atomic E-state index is 12.3. The average Bonchev–Trinajstić information content (AvgIpc) is 3.30. The molecule has 0 saturated carbocycles. The summed E-state index contributed by atoms with van der Waals surface area (Å²) in [5, 5.41) is 5.14. The van der Waals surface area contributed by atoms with Gasteiger partial charge in [-0.15, -0.1) is 0 Å². The van der Waals surface area contributed by atoms with Gasteiger partial charge in [-0.1, -0.05) is 24.1 Å². The number of fused-ring (bicyclic) bond motifs is 3. The number of hydrogen-bond acceptors (Lipinski definition) is 7. The number of H-pyrrole nitrogens is 1. The molecule has 5 rings (SSSR count). The maximum Gasteiger partial charge on any atom is 0.252 e. The Bertz CT molecular complexity index is 1270. The summed E-state index contributed by atoms with van der Waals surface area (Å²) in [7, 11) is 1.92. The molecule has 4 N–H and O–H groups in total. The quantitative estimate of drug-likeness (QED) is 0.315. The zero-order chi connectivity index (χ0) is 25.3. The molecule has 2 saturated heterocycles. The zero-order valence-electron chi connectivity index (χ0n) is 21.2. The largest absolute Gasteiger partial charge is 0.365 e. The minimum atomic E-state index is -0.495. The molecule has 192 valence electrons. The summed E-state index contributed by atoms with van der Waals surface area (Å²) in [6.07, 6.45) is 9.72. The highest BCUT2D eigenvalue weighted by Gasteiger charge is 2.36. The first-order valence-electron chi connectivity index (χ1n) is 12.9. The summed E-state index contributed by atoms with van der Waals surface area (Å²) in [5.74, 6) is 0.850. The Labute approximate surface area is 216 Å². The highest BCUT2D eigenvalue weighted by atomic mass is 32.2. The van der Waals surface area contributed by atoms with Crippen LogP contribution in [0.4, 0.5) is 5.82 Å². The van der Waals surface area contributed by atoms with Gasteiger partial charge < -0.3 is 25.7 Å². The summed E-state index contributed by atoms with van der Waals surface area (Å²) in [6, 6.07) is 6.63. The molecule has 9 heteroatoms. The Hall–Kier alpha value is -2.62. The van der Waals surface area contributed by atoms with E-state index in [1.165, 1.54) is 5.56 Å². The van der Waals surface area contributed by atoms with Crippen molar-refractivity contribution in [3.8, 4) is 0 Å². The Balaban J connectivity index is 1.56. The van der Waals surface area contributed by atoms with Crippen LogP contribution in [-0.2, 0) is 4.79 Å². The van der Waals surface area contributed by atoms with Crippen molar-refractivity contribution in [2.45, 2.75) is 38.0 Å². The van der Waals surface area contributed by atoms with Crippen molar-refractivity contribution in [1.29, 1.82) is 0 Å². The van der Waals surface area contributed by atoms with E-state index in [1.807, 2.05) is 19.0 Å². The number of aromatic nitrogens is 2. The molecule has 8 nitrogen and oxygen atoms in total. The van der Waals surface area contributed by atoms with Gasteiger partial charge in [-0.2, -0.15) is 0 Å². The van der Waals surface area contributed by atoms with E-state index in [4.69, 9.17) is 10.7 Å². The van der Waals surface area contributed by atoms with Gasteiger partial charge in [0.25, 0.3) is 5.91 Å². The molecule has 2 aromatic heterocycles. The van der Waals surface area contributed by atoms with Crippen molar-refractivity contribution in [2.24, 2.45) is 11.1 Å². The number of anilines is 1. The molecule has 2 fully saturated rings. The van der Waals surface area contributed by atoms with E-state index in [0.29, 0.717) is 18.0 Å². The number of primary amides is 1. The fourth-order valence-corrected chi connectivity index (χ4v) is 6.61. The van der Waals surface area contributed by atoms with Gasteiger partial charge in [0.1, 0.15) is 12.1 Å². The minimum absolute atomic E-state index is 0.397. The van der Waals surface area contributed by atoms with E-state index < -0.39 is 11.3 Å². The van der Waals surface area contributed by atoms with E-state index in [9.17, 15) is 9.59 Å². The molecule has 0 radical (unpaired) electrons. The monoisotopic (exact) mass is 508 g/mol. The first-order chi connectivity index (χ1) is 17.5. The number of nitrogens with one attached hydrogen (secondary N) is 2. The van der Waals surface area contributed by atoms with Crippen molar-refractivity contribution in [3.05, 3.63) is 35.5 Å². The lowest BCUT2D eigenvalue weighted by atomic mass is 9.78. The number of nitrogens with two attached hydrogens (primary N) is 1. The summed E-state index contributed by atoms with van der Waals surface area (Å²) >= 11 is 1.82. The predicted molar refractivity (Wildman–Crippen MR) is 148 cm³/mol. The predicted octanol–water partition coefficient (Wildman–Crippen LogP) is 3.67. The van der Waals surface area contributed by atoms with Gasteiger partial charge in [0.2, 0.25) is 0 Å². The number of amides is 1. The second-order valence-corrected chi connectivity index (χ2v) is 11.2. The molecule has 1 aromatic carbocycles. The van der Waals surface area contributed by atoms with E-state index >= 15 is 0 Å². The topological polar surface area (TPSA) is 107 Å². The number of nitrogens with zero attached hydrogens (tertiary/aromatic N) is 3. The van der Waals surface area contributed by atoms with Crippen LogP contribution >= 0.6 is 11.9 Å². The number of rotatable bonds is 8. The molecule has 1 amide bonds. The van der Waals surface area contributed by atoms with Gasteiger partial charge in [0.05, 0.1) is 16.5 Å². The Morgan fingerprint density at radius 3 is 2.83 bits per heavy atom. The SMILES string of the molecule is CNCCC1(C=O)CCCN(c2ncc(C(N)=O)c3[nH]c4cc(C5CCN(SC)CC5)ccc4c23)C1. The maximum absolute atomic E-state index is 12.3. The highest BCUT2D eigenvalue weighted by molar-refractivity contribution is 7.96. The molecule has 1 unspecified atom stereocenters. The summed E-state index contributed by atoms with van der Waals surface area (Å²) < 4.78 is 2.42. The lowest BCUT2D eigenvalue weighted by Crippen LogP contribution is -2.46. The minimum Gasteiger partial charge on any atom is -0.365 e. The number of aromatic amines is 1. The van der Waals surface area contributed by atoms with Crippen LogP contribution in [0.3, 0.4) is 0 Å². The number of pyridine rings is 1. The molecule has 4 heterocycles. The van der Waals surface area contributed by atoms with Crippen LogP contribution < -0.4 is 16.0 Å². The number of benzene rings is 1. The molecule has 0 bridgehead atoms. The number of aldehydes is 1. The fraction of sp³-hybridized carbons (Fsp3) is 0.519. The van der Waals surface area contributed by atoms with Gasteiger partial charge in [0, 0.05) is 48.7 Å². The first kappa shape index (κ1) is 25.0. The standard InChI is InChI=1S/C27H36N6O2S/c1-29-10-9-27(17-34)8-3-11-32(16-27)26-23-20-5-4-19(18-6-12-33(36-2)13-7-18)14-22(20)31-24(23)21(15-30-26)25(28)35/h4-5,14-15,17-18,29,31H,3,6-13,16H2,1-2H3,(H2,28,35). The van der Waals surface area contributed by atoms with Crippen molar-refractivity contribution in [3.63, 3.8) is 0 Å². The average molecular weight is 509 g/mol. The van der Waals surface area contributed by atoms with Crippen molar-refractivity contribution < 1.29 is 9.59 Å². The summed E-state index contributed by atoms with van der Waals surface area (Å²) in [4.78, 5) is 35.0. The summed E-state index contributed by atoms with van der Waals surface area (Å²) in [6.45, 7) is 4.43. The van der Waals surface area contributed by atoms with Crippen LogP contribution in [0.2, 0.25) is 0 Å². The third-order valence-electron chi connectivity index (χ3n) is 8.11. The van der Waals surface area contributed by atoms with Crippen LogP contribution in [-0.4, -0.2) is 72.5 Å². The molecular weight excluding hydrogens is 472 g/mol. The third kappa shape index (κ3) is 4.60. The lowest BCUT2D eigenvalue weighted by Gasteiger charge is -2.40. The Morgan fingerprint density at radius 1 is 1.33 bits per heavy atom. The van der Waals surface area contributed by atoms with Crippen molar-refractivity contribution in [1.82, 2.24) is 19.6 Å². The van der Waals surface area contributed by atoms with Gasteiger partial charge in [0.15, 0.2) is 0 Å². The second-order valence-electron chi connectivity index (χ2n) is 10.3. The van der Waals surface area contributed by atoms with Gasteiger partial charge in [-0.25, -0.2) is 4.98 Å². The fourth-order valence-electron chi connectivity index (χ4n) is 6.03. The number of carbonyl (C=O) groups is 2. The molecule has 0 aliphatic carbocycles. The molecule has 36 heavy (non-hydrogen) atoms. The van der Waals surface area contributed by atoms with Crippen LogP contribution in [0.25, 0.3) is 21.8 Å². The van der Waals surface area contributed by atoms with E-state index in [0.717, 1.165) is 92.2 Å². The van der Waals surface area contributed by atoms with E-state index in [-0.39, 0.29) is 0 Å². The van der Waals surface area contributed by atoms with Gasteiger partial charge >= 0.3 is 0 Å². The number of piperidine rings is 2. The normalized spacial score (nSPS) is 21.9. The summed E-state index contributed by atoms with van der Waals surface area (Å²) in [5.41, 5.74) is 8.81. The third-order valence-corrected chi connectivity index (χ3v) is 8.99. The molecule has 0 spiro atoms. The number of hydrogen-bond donors (Lipinski definition) is 3. The van der Waals surface area contributed by atoms with Crippen molar-refractivity contribution in [2.75, 3.05) is 50.9 Å². The van der Waals surface area contributed by atoms with Gasteiger partial charge in [-0.05, 0) is 69.5 Å². The van der Waals surface area contributed by atoms with Crippen molar-refractivity contribution >= 4 is 51.8 Å². The molecule has 2 aliphatic rings. The Morgan fingerprint density at radius 2 is 2.14 bits per heavy atom. The highest BCUT2D eigenvalue weighted by Crippen LogP contribution is 2.40. The van der Waals surface area contributed by atoms with Crippen LogP contribution in [0.5, 0.6) is 0 Å². The van der Waals surface area contributed by atoms with E-state index in [2.05, 4.69) is 44.0 Å². The van der Waals surface area contributed by atoms with Crippen LogP contribution in [0.15, 0.2) is 24.4 Å². The van der Waals surface area contributed by atoms with E-state index in [1.54, 1.807) is 6.20 Å². The van der Waals surface area contributed by atoms with Crippen LogP contribution in [0, 0.1) is 5.41 Å². The smallest absolute Gasteiger partial charge is 0.252 e. The second kappa shape index (κ2) is 10.4. The molecule has 3 aromatic rings. The van der Waals surface area contributed by atoms with Gasteiger partial charge in [-0.3, -0.25) is 9.10 Å². The first-order valence-corrected chi connectivity index (χ1v) is 14.1. The number of carbonyl (C=O) groups excluding carboxylic acids is 2. The Kier molecular flexibility index (Phi) is 7.23. The molecular formula is C27H36N6O2S. The van der Waals surface area contributed by atoms with Crippen LogP contribution in [0.1, 0.15) is 53.9 Å². The molecule has 2 aliphatic heterocycles. The zero-order valence-corrected chi connectivity index (χ0v) is 22.0.